The Morgan fingerprint density at radius 1 is 1.27 bits per heavy atom. The van der Waals surface area contributed by atoms with Gasteiger partial charge in [0.25, 0.3) is 0 Å². The number of ether oxygens (including phenoxy) is 1. The minimum Gasteiger partial charge on any atom is -0.497 e. The molecule has 0 aromatic heterocycles. The van der Waals surface area contributed by atoms with Crippen molar-refractivity contribution in [3.8, 4) is 5.75 Å². The van der Waals surface area contributed by atoms with Crippen LogP contribution in [0.1, 0.15) is 45.2 Å². The lowest BCUT2D eigenvalue weighted by Gasteiger charge is -2.32. The van der Waals surface area contributed by atoms with Crippen molar-refractivity contribution in [3.63, 3.8) is 0 Å². The molecular formula is C20H31N3O3. The molecule has 0 saturated carbocycles. The fourth-order valence-electron chi connectivity index (χ4n) is 3.33. The number of carbonyl (C=O) groups excluding carboxylic acids is 2. The van der Waals surface area contributed by atoms with Gasteiger partial charge in [-0.15, -0.1) is 0 Å². The summed E-state index contributed by atoms with van der Waals surface area (Å²) in [4.78, 5) is 27.4. The average molecular weight is 361 g/mol. The third kappa shape index (κ3) is 4.55. The summed E-state index contributed by atoms with van der Waals surface area (Å²) in [7, 11) is 3.37. The highest BCUT2D eigenvalue weighted by Gasteiger charge is 2.36. The molecule has 1 aliphatic heterocycles. The maximum atomic E-state index is 13.2. The summed E-state index contributed by atoms with van der Waals surface area (Å²) >= 11 is 0. The Hall–Kier alpha value is -2.08. The molecule has 0 bridgehead atoms. The molecular weight excluding hydrogens is 330 g/mol. The van der Waals surface area contributed by atoms with Gasteiger partial charge in [-0.1, -0.05) is 26.0 Å². The van der Waals surface area contributed by atoms with Gasteiger partial charge in [-0.3, -0.25) is 9.59 Å². The van der Waals surface area contributed by atoms with Crippen molar-refractivity contribution in [2.75, 3.05) is 20.7 Å². The quantitative estimate of drug-likeness (QED) is 0.780. The summed E-state index contributed by atoms with van der Waals surface area (Å²) in [5, 5.41) is 5.83. The average Bonchev–Trinajstić information content (AvgIpc) is 3.14. The van der Waals surface area contributed by atoms with Gasteiger partial charge in [-0.2, -0.15) is 0 Å². The maximum Gasteiger partial charge on any atom is 0.245 e. The summed E-state index contributed by atoms with van der Waals surface area (Å²) < 4.78 is 5.32. The van der Waals surface area contributed by atoms with Crippen LogP contribution in [0, 0.1) is 5.92 Å². The minimum atomic E-state index is -0.524. The number of likely N-dealkylation sites (N-methyl/N-ethyl adjacent to an activating group) is 1. The van der Waals surface area contributed by atoms with E-state index in [9.17, 15) is 9.59 Å². The summed E-state index contributed by atoms with van der Waals surface area (Å²) in [5.41, 5.74) is 1.08. The van der Waals surface area contributed by atoms with Crippen LogP contribution >= 0.6 is 0 Å². The van der Waals surface area contributed by atoms with Gasteiger partial charge in [-0.05, 0) is 50.4 Å². The third-order valence-corrected chi connectivity index (χ3v) is 5.07. The zero-order chi connectivity index (χ0) is 19.3. The van der Waals surface area contributed by atoms with E-state index in [2.05, 4.69) is 10.6 Å². The number of amides is 2. The Bertz CT molecular complexity index is 632. The van der Waals surface area contributed by atoms with Crippen molar-refractivity contribution in [1.29, 1.82) is 0 Å². The molecule has 1 aromatic rings. The Balaban J connectivity index is 2.19. The summed E-state index contributed by atoms with van der Waals surface area (Å²) in [6.45, 7) is 6.42. The van der Waals surface area contributed by atoms with Crippen LogP contribution in [0.3, 0.4) is 0 Å². The Morgan fingerprint density at radius 3 is 2.62 bits per heavy atom. The van der Waals surface area contributed by atoms with Crippen molar-refractivity contribution in [1.82, 2.24) is 15.5 Å². The molecule has 2 rings (SSSR count). The lowest BCUT2D eigenvalue weighted by atomic mass is 9.99. The van der Waals surface area contributed by atoms with E-state index in [1.165, 1.54) is 0 Å². The van der Waals surface area contributed by atoms with E-state index < -0.39 is 6.04 Å². The number of hydrogen-bond acceptors (Lipinski definition) is 4. The van der Waals surface area contributed by atoms with Crippen LogP contribution in [-0.2, 0) is 9.59 Å². The van der Waals surface area contributed by atoms with Gasteiger partial charge in [-0.25, -0.2) is 0 Å². The molecule has 2 N–H and O–H groups in total. The lowest BCUT2D eigenvalue weighted by Crippen LogP contribution is -2.54. The molecule has 0 aliphatic carbocycles. The largest absolute Gasteiger partial charge is 0.497 e. The SMILES string of the molecule is CN[C@@H](C)C(=O)N[C@H](C(=O)N1CCCC1c1cccc(OC)c1)C(C)C. The fourth-order valence-corrected chi connectivity index (χ4v) is 3.33. The Kier molecular flexibility index (Phi) is 7.03. The second-order valence-corrected chi connectivity index (χ2v) is 7.21. The van der Waals surface area contributed by atoms with E-state index in [4.69, 9.17) is 4.74 Å². The second-order valence-electron chi connectivity index (χ2n) is 7.21. The molecule has 1 aromatic carbocycles. The van der Waals surface area contributed by atoms with Gasteiger partial charge >= 0.3 is 0 Å². The summed E-state index contributed by atoms with van der Waals surface area (Å²) in [5.74, 6) is 0.638. The van der Waals surface area contributed by atoms with Gasteiger partial charge in [0.1, 0.15) is 11.8 Å². The van der Waals surface area contributed by atoms with E-state index in [0.717, 1.165) is 24.2 Å². The first-order chi connectivity index (χ1) is 12.4. The number of hydrogen-bond donors (Lipinski definition) is 2. The molecule has 2 amide bonds. The number of nitrogens with one attached hydrogen (secondary N) is 2. The number of likely N-dealkylation sites (tertiary alicyclic amines) is 1. The number of methoxy groups -OCH3 is 1. The van der Waals surface area contributed by atoms with Crippen LogP contribution < -0.4 is 15.4 Å². The molecule has 1 fully saturated rings. The van der Waals surface area contributed by atoms with Crippen LogP contribution in [0.15, 0.2) is 24.3 Å². The first kappa shape index (κ1) is 20.2. The van der Waals surface area contributed by atoms with Gasteiger partial charge in [0.05, 0.1) is 19.2 Å². The molecule has 0 spiro atoms. The first-order valence-corrected chi connectivity index (χ1v) is 9.31. The van der Waals surface area contributed by atoms with Crippen LogP contribution in [0.5, 0.6) is 5.75 Å². The monoisotopic (exact) mass is 361 g/mol. The van der Waals surface area contributed by atoms with Crippen LogP contribution in [0.2, 0.25) is 0 Å². The number of nitrogens with zero attached hydrogens (tertiary/aromatic N) is 1. The Morgan fingerprint density at radius 2 is 2.00 bits per heavy atom. The maximum absolute atomic E-state index is 13.2. The fraction of sp³-hybridized carbons (Fsp3) is 0.600. The molecule has 0 radical (unpaired) electrons. The molecule has 1 saturated heterocycles. The van der Waals surface area contributed by atoms with Gasteiger partial charge < -0.3 is 20.3 Å². The normalized spacial score (nSPS) is 19.3. The standard InChI is InChI=1S/C20H31N3O3/c1-13(2)18(22-19(24)14(3)21-4)20(25)23-11-7-10-17(23)15-8-6-9-16(12-15)26-5/h6,8-9,12-14,17-18,21H,7,10-11H2,1-5H3,(H,22,24)/t14-,17?,18-/m0/s1. The summed E-state index contributed by atoms with van der Waals surface area (Å²) in [6, 6.07) is 7.04. The zero-order valence-corrected chi connectivity index (χ0v) is 16.4. The van der Waals surface area contributed by atoms with E-state index in [-0.39, 0.29) is 29.8 Å². The first-order valence-electron chi connectivity index (χ1n) is 9.31. The smallest absolute Gasteiger partial charge is 0.245 e. The van der Waals surface area contributed by atoms with E-state index in [1.807, 2.05) is 43.0 Å². The molecule has 1 unspecified atom stereocenters. The number of benzene rings is 1. The topological polar surface area (TPSA) is 70.7 Å². The van der Waals surface area contributed by atoms with Crippen molar-refractivity contribution in [2.45, 2.75) is 51.7 Å². The van der Waals surface area contributed by atoms with Crippen molar-refractivity contribution in [2.24, 2.45) is 5.92 Å². The van der Waals surface area contributed by atoms with Gasteiger partial charge in [0.15, 0.2) is 0 Å². The third-order valence-electron chi connectivity index (χ3n) is 5.07. The highest BCUT2D eigenvalue weighted by molar-refractivity contribution is 5.90. The van der Waals surface area contributed by atoms with Crippen LogP contribution in [0.25, 0.3) is 0 Å². The molecule has 1 aliphatic rings. The van der Waals surface area contributed by atoms with Gasteiger partial charge in [0, 0.05) is 6.54 Å². The highest BCUT2D eigenvalue weighted by atomic mass is 16.5. The number of rotatable bonds is 7. The molecule has 3 atom stereocenters. The molecule has 6 heteroatoms. The van der Waals surface area contributed by atoms with Crippen molar-refractivity contribution < 1.29 is 14.3 Å². The van der Waals surface area contributed by atoms with Crippen LogP contribution in [-0.4, -0.2) is 49.5 Å². The van der Waals surface area contributed by atoms with E-state index in [0.29, 0.717) is 6.54 Å². The lowest BCUT2D eigenvalue weighted by molar-refractivity contribution is -0.138. The predicted octanol–water partition coefficient (Wildman–Crippen LogP) is 2.11. The predicted molar refractivity (Wildman–Crippen MR) is 102 cm³/mol. The zero-order valence-electron chi connectivity index (χ0n) is 16.4. The Labute approximate surface area is 156 Å². The minimum absolute atomic E-state index is 0.0121. The van der Waals surface area contributed by atoms with E-state index in [1.54, 1.807) is 21.1 Å². The van der Waals surface area contributed by atoms with Gasteiger partial charge in [0.2, 0.25) is 11.8 Å². The number of carbonyl (C=O) groups is 2. The molecule has 144 valence electrons. The summed E-state index contributed by atoms with van der Waals surface area (Å²) in [6.07, 6.45) is 1.88. The second kappa shape index (κ2) is 9.03. The molecule has 6 nitrogen and oxygen atoms in total. The highest BCUT2D eigenvalue weighted by Crippen LogP contribution is 2.34. The van der Waals surface area contributed by atoms with Crippen molar-refractivity contribution in [3.05, 3.63) is 29.8 Å². The van der Waals surface area contributed by atoms with E-state index >= 15 is 0 Å². The van der Waals surface area contributed by atoms with Crippen LogP contribution in [0.4, 0.5) is 0 Å². The molecule has 1 heterocycles. The van der Waals surface area contributed by atoms with Crippen molar-refractivity contribution >= 4 is 11.8 Å². The molecule has 26 heavy (non-hydrogen) atoms.